The van der Waals surface area contributed by atoms with Gasteiger partial charge in [-0.15, -0.1) is 0 Å². The molecule has 0 spiro atoms. The third-order valence-electron chi connectivity index (χ3n) is 2.40. The maximum Gasteiger partial charge on any atom is 0.328 e. The number of pyridine rings is 1. The molecule has 0 aliphatic heterocycles. The van der Waals surface area contributed by atoms with Crippen molar-refractivity contribution in [3.8, 4) is 0 Å². The Bertz CT molecular complexity index is 676. The lowest BCUT2D eigenvalue weighted by Crippen LogP contribution is -2.11. The molecule has 7 nitrogen and oxygen atoms in total. The number of aliphatic carboxylic acids is 1. The van der Waals surface area contributed by atoms with E-state index in [2.05, 4.69) is 15.4 Å². The van der Waals surface area contributed by atoms with Crippen LogP contribution in [0.1, 0.15) is 15.9 Å². The first-order chi connectivity index (χ1) is 9.54. The first-order valence-corrected chi connectivity index (χ1v) is 5.70. The van der Waals surface area contributed by atoms with Crippen LogP contribution in [-0.4, -0.2) is 31.7 Å². The lowest BCUT2D eigenvalue weighted by molar-refractivity contribution is -0.131. The SMILES string of the molecule is Cn1cc(NC(=O)c2cncc(C=CC(=O)O)c2)cn1. The molecule has 2 heterocycles. The molecule has 0 aliphatic carbocycles. The Balaban J connectivity index is 2.14. The molecule has 0 fully saturated rings. The zero-order valence-electron chi connectivity index (χ0n) is 10.6. The minimum absolute atomic E-state index is 0.335. The summed E-state index contributed by atoms with van der Waals surface area (Å²) in [4.78, 5) is 26.3. The molecule has 0 aromatic carbocycles. The summed E-state index contributed by atoms with van der Waals surface area (Å²) in [5, 5.41) is 15.2. The van der Waals surface area contributed by atoms with E-state index in [-0.39, 0.29) is 5.91 Å². The topological polar surface area (TPSA) is 97.1 Å². The first-order valence-electron chi connectivity index (χ1n) is 5.70. The second kappa shape index (κ2) is 5.79. The summed E-state index contributed by atoms with van der Waals surface area (Å²) in [5.74, 6) is -1.40. The van der Waals surface area contributed by atoms with Gasteiger partial charge in [0.1, 0.15) is 0 Å². The van der Waals surface area contributed by atoms with Crippen LogP contribution in [0.2, 0.25) is 0 Å². The molecule has 2 aromatic heterocycles. The third kappa shape index (κ3) is 3.52. The summed E-state index contributed by atoms with van der Waals surface area (Å²) in [7, 11) is 1.74. The zero-order chi connectivity index (χ0) is 14.5. The zero-order valence-corrected chi connectivity index (χ0v) is 10.6. The molecule has 0 aliphatic rings. The number of anilines is 1. The highest BCUT2D eigenvalue weighted by molar-refractivity contribution is 6.04. The molecule has 0 atom stereocenters. The molecule has 0 saturated heterocycles. The summed E-state index contributed by atoms with van der Waals surface area (Å²) >= 11 is 0. The van der Waals surface area contributed by atoms with E-state index in [0.29, 0.717) is 16.8 Å². The van der Waals surface area contributed by atoms with Gasteiger partial charge in [-0.25, -0.2) is 4.79 Å². The van der Waals surface area contributed by atoms with Gasteiger partial charge in [0.05, 0.1) is 17.4 Å². The quantitative estimate of drug-likeness (QED) is 0.814. The van der Waals surface area contributed by atoms with E-state index in [1.165, 1.54) is 24.7 Å². The molecular weight excluding hydrogens is 260 g/mol. The van der Waals surface area contributed by atoms with Crippen LogP contribution in [0.25, 0.3) is 6.08 Å². The van der Waals surface area contributed by atoms with Crippen molar-refractivity contribution in [2.45, 2.75) is 0 Å². The predicted octanol–water partition coefficient (Wildman–Crippen LogP) is 1.17. The van der Waals surface area contributed by atoms with Gasteiger partial charge in [0.2, 0.25) is 0 Å². The van der Waals surface area contributed by atoms with E-state index in [1.807, 2.05) is 0 Å². The summed E-state index contributed by atoms with van der Waals surface area (Å²) < 4.78 is 1.57. The number of aryl methyl sites for hydroxylation is 1. The van der Waals surface area contributed by atoms with Gasteiger partial charge in [0.25, 0.3) is 5.91 Å². The lowest BCUT2D eigenvalue weighted by atomic mass is 10.2. The molecule has 0 bridgehead atoms. The van der Waals surface area contributed by atoms with Crippen molar-refractivity contribution in [3.05, 3.63) is 48.1 Å². The van der Waals surface area contributed by atoms with Gasteiger partial charge in [0, 0.05) is 31.7 Å². The fourth-order valence-electron chi connectivity index (χ4n) is 1.53. The Morgan fingerprint density at radius 3 is 2.80 bits per heavy atom. The van der Waals surface area contributed by atoms with Gasteiger partial charge in [-0.2, -0.15) is 5.10 Å². The van der Waals surface area contributed by atoms with Crippen LogP contribution in [0.3, 0.4) is 0 Å². The standard InChI is InChI=1S/C13H12N4O3/c1-17-8-11(7-15-17)16-13(20)10-4-9(5-14-6-10)2-3-12(18)19/h2-8H,1H3,(H,16,20)(H,18,19). The lowest BCUT2D eigenvalue weighted by Gasteiger charge is -2.02. The van der Waals surface area contributed by atoms with Gasteiger partial charge in [-0.3, -0.25) is 14.5 Å². The fraction of sp³-hybridized carbons (Fsp3) is 0.0769. The van der Waals surface area contributed by atoms with E-state index < -0.39 is 5.97 Å². The summed E-state index contributed by atoms with van der Waals surface area (Å²) in [6.07, 6.45) is 8.43. The second-order valence-electron chi connectivity index (χ2n) is 4.04. The van der Waals surface area contributed by atoms with Crippen LogP contribution < -0.4 is 5.32 Å². The Labute approximate surface area is 114 Å². The van der Waals surface area contributed by atoms with Gasteiger partial charge in [0.15, 0.2) is 0 Å². The number of nitrogens with zero attached hydrogens (tertiary/aromatic N) is 3. The normalized spacial score (nSPS) is 10.7. The van der Waals surface area contributed by atoms with Crippen molar-refractivity contribution >= 4 is 23.6 Å². The van der Waals surface area contributed by atoms with Crippen molar-refractivity contribution in [3.63, 3.8) is 0 Å². The Morgan fingerprint density at radius 1 is 1.35 bits per heavy atom. The van der Waals surface area contributed by atoms with Gasteiger partial charge in [-0.05, 0) is 17.7 Å². The van der Waals surface area contributed by atoms with Crippen LogP contribution in [0.5, 0.6) is 0 Å². The summed E-state index contributed by atoms with van der Waals surface area (Å²) in [6.45, 7) is 0. The van der Waals surface area contributed by atoms with Gasteiger partial charge < -0.3 is 10.4 Å². The van der Waals surface area contributed by atoms with Crippen LogP contribution in [0.15, 0.2) is 36.9 Å². The summed E-state index contributed by atoms with van der Waals surface area (Å²) in [6, 6.07) is 1.55. The van der Waals surface area contributed by atoms with Gasteiger partial charge >= 0.3 is 5.97 Å². The van der Waals surface area contributed by atoms with Crippen LogP contribution in [0.4, 0.5) is 5.69 Å². The number of carboxylic acids is 1. The van der Waals surface area contributed by atoms with E-state index in [0.717, 1.165) is 6.08 Å². The van der Waals surface area contributed by atoms with Crippen molar-refractivity contribution in [1.82, 2.24) is 14.8 Å². The van der Waals surface area contributed by atoms with Crippen molar-refractivity contribution in [1.29, 1.82) is 0 Å². The smallest absolute Gasteiger partial charge is 0.328 e. The number of hydrogen-bond acceptors (Lipinski definition) is 4. The highest BCUT2D eigenvalue weighted by Gasteiger charge is 2.08. The number of aromatic nitrogens is 3. The predicted molar refractivity (Wildman–Crippen MR) is 72.1 cm³/mol. The van der Waals surface area contributed by atoms with Crippen molar-refractivity contribution in [2.24, 2.45) is 7.05 Å². The Morgan fingerprint density at radius 2 is 2.15 bits per heavy atom. The molecule has 7 heteroatoms. The molecule has 0 unspecified atom stereocenters. The minimum Gasteiger partial charge on any atom is -0.478 e. The van der Waals surface area contributed by atoms with E-state index in [4.69, 9.17) is 5.11 Å². The number of hydrogen-bond donors (Lipinski definition) is 2. The number of carbonyl (C=O) groups excluding carboxylic acids is 1. The number of nitrogens with one attached hydrogen (secondary N) is 1. The highest BCUT2D eigenvalue weighted by Crippen LogP contribution is 2.09. The summed E-state index contributed by atoms with van der Waals surface area (Å²) in [5.41, 5.74) is 1.44. The number of carbonyl (C=O) groups is 2. The second-order valence-corrected chi connectivity index (χ2v) is 4.04. The molecule has 2 rings (SSSR count). The number of carboxylic acid groups (broad SMARTS) is 1. The van der Waals surface area contributed by atoms with Crippen molar-refractivity contribution in [2.75, 3.05) is 5.32 Å². The molecular formula is C13H12N4O3. The largest absolute Gasteiger partial charge is 0.478 e. The number of rotatable bonds is 4. The number of amides is 1. The average molecular weight is 272 g/mol. The molecule has 2 aromatic rings. The van der Waals surface area contributed by atoms with Crippen LogP contribution >= 0.6 is 0 Å². The fourth-order valence-corrected chi connectivity index (χ4v) is 1.53. The Hall–Kier alpha value is -2.96. The van der Waals surface area contributed by atoms with E-state index in [1.54, 1.807) is 24.0 Å². The van der Waals surface area contributed by atoms with E-state index in [9.17, 15) is 9.59 Å². The molecule has 20 heavy (non-hydrogen) atoms. The molecule has 0 saturated carbocycles. The minimum atomic E-state index is -1.06. The van der Waals surface area contributed by atoms with Gasteiger partial charge in [-0.1, -0.05) is 0 Å². The Kier molecular flexibility index (Phi) is 3.90. The first kappa shape index (κ1) is 13.5. The highest BCUT2D eigenvalue weighted by atomic mass is 16.4. The molecule has 102 valence electrons. The maximum absolute atomic E-state index is 12.0. The monoisotopic (exact) mass is 272 g/mol. The molecule has 2 N–H and O–H groups in total. The maximum atomic E-state index is 12.0. The van der Waals surface area contributed by atoms with Crippen LogP contribution in [-0.2, 0) is 11.8 Å². The third-order valence-corrected chi connectivity index (χ3v) is 2.40. The van der Waals surface area contributed by atoms with E-state index >= 15 is 0 Å². The van der Waals surface area contributed by atoms with Crippen LogP contribution in [0, 0.1) is 0 Å². The molecule has 0 radical (unpaired) electrons. The molecule has 1 amide bonds. The average Bonchev–Trinajstić information content (AvgIpc) is 2.82. The van der Waals surface area contributed by atoms with Crippen molar-refractivity contribution < 1.29 is 14.7 Å².